The number of halogens is 2. The molecule has 3 heterocycles. The fourth-order valence-corrected chi connectivity index (χ4v) is 6.55. The van der Waals surface area contributed by atoms with Crippen molar-refractivity contribution >= 4 is 33.1 Å². The van der Waals surface area contributed by atoms with Crippen molar-refractivity contribution in [2.75, 3.05) is 11.6 Å². The van der Waals surface area contributed by atoms with E-state index < -0.39 is 39.5 Å². The number of carbonyl (C=O) groups excluding carboxylic acids is 2. The quantitative estimate of drug-likeness (QED) is 0.344. The summed E-state index contributed by atoms with van der Waals surface area (Å²) >= 11 is 0. The van der Waals surface area contributed by atoms with Gasteiger partial charge in [0.15, 0.2) is 9.84 Å². The van der Waals surface area contributed by atoms with Gasteiger partial charge in [-0.05, 0) is 37.1 Å². The highest BCUT2D eigenvalue weighted by Crippen LogP contribution is 2.44. The van der Waals surface area contributed by atoms with E-state index in [0.717, 1.165) is 25.2 Å². The molecule has 3 atom stereocenters. The number of rotatable bonds is 5. The molecule has 1 fully saturated rings. The molecular formula is C31H25F2N5O5S. The van der Waals surface area contributed by atoms with Gasteiger partial charge in [-0.25, -0.2) is 26.9 Å². The summed E-state index contributed by atoms with van der Waals surface area (Å²) in [6.07, 6.45) is 1.46. The molecule has 1 aliphatic carbocycles. The molecule has 0 spiro atoms. The number of aromatic nitrogens is 2. The second-order valence-electron chi connectivity index (χ2n) is 11.0. The molecule has 2 N–H and O–H groups in total. The lowest BCUT2D eigenvalue weighted by Crippen LogP contribution is -2.42. The summed E-state index contributed by atoms with van der Waals surface area (Å²) < 4.78 is 62.1. The first-order valence-electron chi connectivity index (χ1n) is 13.9. The summed E-state index contributed by atoms with van der Waals surface area (Å²) in [5.74, 6) is -3.06. The van der Waals surface area contributed by atoms with Crippen LogP contribution >= 0.6 is 0 Å². The highest BCUT2D eigenvalue weighted by atomic mass is 32.2. The van der Waals surface area contributed by atoms with Gasteiger partial charge in [0, 0.05) is 29.4 Å². The van der Waals surface area contributed by atoms with Crippen LogP contribution in [0.5, 0.6) is 5.88 Å². The van der Waals surface area contributed by atoms with Gasteiger partial charge < -0.3 is 15.4 Å². The van der Waals surface area contributed by atoms with Gasteiger partial charge in [-0.2, -0.15) is 5.10 Å². The summed E-state index contributed by atoms with van der Waals surface area (Å²) in [6, 6.07) is 16.4. The number of amides is 2. The van der Waals surface area contributed by atoms with E-state index in [1.54, 1.807) is 41.1 Å². The Morgan fingerprint density at radius 3 is 2.57 bits per heavy atom. The van der Waals surface area contributed by atoms with Crippen LogP contribution in [0.15, 0.2) is 76.6 Å². The average molecular weight is 618 g/mol. The number of fused-ring (bicyclic) bond motifs is 5. The Morgan fingerprint density at radius 1 is 1.02 bits per heavy atom. The predicted molar refractivity (Wildman–Crippen MR) is 156 cm³/mol. The molecule has 1 aromatic heterocycles. The lowest BCUT2D eigenvalue weighted by Gasteiger charge is -2.23. The highest BCUT2D eigenvalue weighted by molar-refractivity contribution is 7.90. The lowest BCUT2D eigenvalue weighted by molar-refractivity contribution is -0.117. The zero-order valence-corrected chi connectivity index (χ0v) is 24.1. The van der Waals surface area contributed by atoms with E-state index in [0.29, 0.717) is 17.5 Å². The molecular weight excluding hydrogens is 592 g/mol. The lowest BCUT2D eigenvalue weighted by atomic mass is 10.0. The maximum atomic E-state index is 15.5. The van der Waals surface area contributed by atoms with Crippen LogP contribution in [-0.4, -0.2) is 54.2 Å². The minimum atomic E-state index is -3.70. The molecule has 224 valence electrons. The third kappa shape index (κ3) is 4.73. The van der Waals surface area contributed by atoms with Crippen molar-refractivity contribution in [3.63, 3.8) is 0 Å². The van der Waals surface area contributed by atoms with Gasteiger partial charge in [-0.1, -0.05) is 42.5 Å². The minimum absolute atomic E-state index is 0.0711. The zero-order valence-electron chi connectivity index (χ0n) is 23.3. The van der Waals surface area contributed by atoms with E-state index in [1.807, 2.05) is 0 Å². The van der Waals surface area contributed by atoms with Gasteiger partial charge >= 0.3 is 0 Å². The fourth-order valence-electron chi connectivity index (χ4n) is 5.91. The van der Waals surface area contributed by atoms with Crippen molar-refractivity contribution in [2.45, 2.75) is 42.5 Å². The molecule has 1 saturated carbocycles. The summed E-state index contributed by atoms with van der Waals surface area (Å²) in [7, 11) is -3.70. The predicted octanol–water partition coefficient (Wildman–Crippen LogP) is 4.26. The second kappa shape index (κ2) is 10.4. The minimum Gasteiger partial charge on any atom is -0.474 e. The first kappa shape index (κ1) is 27.9. The number of benzene rings is 3. The van der Waals surface area contributed by atoms with Gasteiger partial charge in [0.1, 0.15) is 29.0 Å². The molecule has 0 saturated heterocycles. The zero-order chi connectivity index (χ0) is 30.7. The number of anilines is 1. The van der Waals surface area contributed by atoms with E-state index in [-0.39, 0.29) is 51.1 Å². The molecule has 0 radical (unpaired) electrons. The molecule has 3 aliphatic rings. The number of nitrogens with zero attached hydrogens (tertiary/aromatic N) is 3. The van der Waals surface area contributed by atoms with Crippen LogP contribution in [0.3, 0.4) is 0 Å². The number of benzodiazepines with no additional fused rings is 1. The number of sulfone groups is 1. The van der Waals surface area contributed by atoms with Crippen molar-refractivity contribution in [1.29, 1.82) is 0 Å². The Bertz CT molecular complexity index is 1990. The number of nitrogens with one attached hydrogen (secondary N) is 2. The van der Waals surface area contributed by atoms with E-state index in [9.17, 15) is 22.4 Å². The second-order valence-corrected chi connectivity index (χ2v) is 13.0. The van der Waals surface area contributed by atoms with Crippen LogP contribution < -0.4 is 15.4 Å². The maximum Gasteiger partial charge on any atom is 0.269 e. The summed E-state index contributed by atoms with van der Waals surface area (Å²) in [5, 5.41) is 9.73. The van der Waals surface area contributed by atoms with Crippen LogP contribution in [0.25, 0.3) is 11.3 Å². The molecule has 2 amide bonds. The SMILES string of the molecule is CS(=O)(=O)c1ccc(-c2nn3c(c2C(=O)N[C@H]2N=C(c4ccccc4)c4cccc(F)c4NC2=O)OC2CCC3C2)c(F)c1. The van der Waals surface area contributed by atoms with Gasteiger partial charge in [-0.3, -0.25) is 9.59 Å². The summed E-state index contributed by atoms with van der Waals surface area (Å²) in [5.41, 5.74) is 0.816. The third-order valence-corrected chi connectivity index (χ3v) is 9.15. The van der Waals surface area contributed by atoms with E-state index in [1.165, 1.54) is 24.3 Å². The molecule has 13 heteroatoms. The molecule has 2 unspecified atom stereocenters. The number of aliphatic imine (C=N–C) groups is 1. The molecule has 7 rings (SSSR count). The standard InChI is InChI=1S/C31H25F2N5O5S/c1-44(41,42)19-12-13-20(23(33)15-19)27-24(31-38(37-27)17-10-11-18(14-17)43-31)29(39)36-28-30(40)35-26-21(8-5-9-22(26)32)25(34-28)16-6-3-2-4-7-16/h2-9,12-13,15,17-18,28H,10-11,14H2,1H3,(H,35,40)(H,36,39)/t17?,18?,28-/m1/s1. The molecule has 3 aromatic carbocycles. The van der Waals surface area contributed by atoms with Crippen molar-refractivity contribution in [3.8, 4) is 17.1 Å². The van der Waals surface area contributed by atoms with Crippen molar-refractivity contribution in [3.05, 3.63) is 95.1 Å². The third-order valence-electron chi connectivity index (χ3n) is 8.04. The summed E-state index contributed by atoms with van der Waals surface area (Å²) in [4.78, 5) is 31.8. The first-order chi connectivity index (χ1) is 21.1. The number of carbonyl (C=O) groups is 2. The monoisotopic (exact) mass is 617 g/mol. The Kier molecular flexibility index (Phi) is 6.57. The molecule has 2 bridgehead atoms. The molecule has 44 heavy (non-hydrogen) atoms. The number of ether oxygens (including phenoxy) is 1. The fraction of sp³-hybridized carbons (Fsp3) is 0.226. The molecule has 2 aliphatic heterocycles. The highest BCUT2D eigenvalue weighted by Gasteiger charge is 2.41. The van der Waals surface area contributed by atoms with E-state index >= 15 is 4.39 Å². The van der Waals surface area contributed by atoms with Gasteiger partial charge in [0.2, 0.25) is 12.0 Å². The van der Waals surface area contributed by atoms with Crippen LogP contribution in [0.1, 0.15) is 46.8 Å². The maximum absolute atomic E-state index is 15.5. The Balaban J connectivity index is 1.33. The van der Waals surface area contributed by atoms with Gasteiger partial charge in [-0.15, -0.1) is 0 Å². The number of para-hydroxylation sites is 1. The van der Waals surface area contributed by atoms with Crippen LogP contribution in [0, 0.1) is 11.6 Å². The van der Waals surface area contributed by atoms with Crippen LogP contribution in [0.4, 0.5) is 14.5 Å². The van der Waals surface area contributed by atoms with Crippen molar-refractivity contribution < 1.29 is 31.5 Å². The van der Waals surface area contributed by atoms with Gasteiger partial charge in [0.25, 0.3) is 11.8 Å². The largest absolute Gasteiger partial charge is 0.474 e. The Hall–Kier alpha value is -4.91. The smallest absolute Gasteiger partial charge is 0.269 e. The topological polar surface area (TPSA) is 132 Å². The molecule has 4 aromatic rings. The van der Waals surface area contributed by atoms with E-state index in [4.69, 9.17) is 4.74 Å². The van der Waals surface area contributed by atoms with Crippen molar-refractivity contribution in [1.82, 2.24) is 15.1 Å². The first-order valence-corrected chi connectivity index (χ1v) is 15.8. The van der Waals surface area contributed by atoms with Gasteiger partial charge in [0.05, 0.1) is 22.3 Å². The van der Waals surface area contributed by atoms with E-state index in [2.05, 4.69) is 20.7 Å². The van der Waals surface area contributed by atoms with Crippen molar-refractivity contribution in [2.24, 2.45) is 4.99 Å². The summed E-state index contributed by atoms with van der Waals surface area (Å²) in [6.45, 7) is 0. The number of hydrogen-bond donors (Lipinski definition) is 2. The van der Waals surface area contributed by atoms with Crippen LogP contribution in [-0.2, 0) is 14.6 Å². The normalized spacial score (nSPS) is 20.5. The number of hydrogen-bond acceptors (Lipinski definition) is 7. The van der Waals surface area contributed by atoms with Crippen LogP contribution in [0.2, 0.25) is 0 Å². The average Bonchev–Trinajstić information content (AvgIpc) is 3.54. The Labute approximate surface area is 250 Å². The molecule has 10 nitrogen and oxygen atoms in total. The Morgan fingerprint density at radius 2 is 1.82 bits per heavy atom.